The summed E-state index contributed by atoms with van der Waals surface area (Å²) in [6.45, 7) is 13.7. The molecule has 0 spiro atoms. The summed E-state index contributed by atoms with van der Waals surface area (Å²) in [6, 6.07) is 31.0. The molecule has 3 aromatic carbocycles. The SMILES string of the molecule is CC(C)(C)c1cc2ccccc2n1-c1cccc(-n2c(C(C)(C)C)cc3ccccc32)c1. The number of benzene rings is 3. The lowest BCUT2D eigenvalue weighted by Crippen LogP contribution is -2.18. The minimum Gasteiger partial charge on any atom is -0.313 e. The van der Waals surface area contributed by atoms with Crippen LogP contribution in [0.15, 0.2) is 84.9 Å². The Balaban J connectivity index is 1.79. The third kappa shape index (κ3) is 3.35. The highest BCUT2D eigenvalue weighted by Crippen LogP contribution is 2.35. The summed E-state index contributed by atoms with van der Waals surface area (Å²) in [7, 11) is 0. The van der Waals surface area contributed by atoms with Gasteiger partial charge in [-0.25, -0.2) is 0 Å². The molecule has 5 aromatic rings. The van der Waals surface area contributed by atoms with E-state index in [4.69, 9.17) is 0 Å². The van der Waals surface area contributed by atoms with Gasteiger partial charge in [0.15, 0.2) is 0 Å². The lowest BCUT2D eigenvalue weighted by Gasteiger charge is -2.24. The van der Waals surface area contributed by atoms with Crippen LogP contribution in [-0.2, 0) is 10.8 Å². The molecule has 0 aliphatic heterocycles. The third-order valence-corrected chi connectivity index (χ3v) is 6.30. The molecule has 0 amide bonds. The number of hydrogen-bond acceptors (Lipinski definition) is 0. The number of hydrogen-bond donors (Lipinski definition) is 0. The first-order valence-corrected chi connectivity index (χ1v) is 11.5. The summed E-state index contributed by atoms with van der Waals surface area (Å²) >= 11 is 0. The van der Waals surface area contributed by atoms with Crippen molar-refractivity contribution >= 4 is 21.8 Å². The Labute approximate surface area is 191 Å². The zero-order chi connectivity index (χ0) is 22.7. The second-order valence-electron chi connectivity index (χ2n) is 10.9. The van der Waals surface area contributed by atoms with Crippen LogP contribution < -0.4 is 0 Å². The molecule has 2 nitrogen and oxygen atoms in total. The van der Waals surface area contributed by atoms with Gasteiger partial charge in [0.25, 0.3) is 0 Å². The largest absolute Gasteiger partial charge is 0.313 e. The van der Waals surface area contributed by atoms with Crippen molar-refractivity contribution in [2.45, 2.75) is 52.4 Å². The van der Waals surface area contributed by atoms with Gasteiger partial charge in [-0.05, 0) is 42.5 Å². The minimum atomic E-state index is 0.0335. The molecule has 0 radical (unpaired) electrons. The van der Waals surface area contributed by atoms with Crippen molar-refractivity contribution in [3.05, 3.63) is 96.3 Å². The minimum absolute atomic E-state index is 0.0335. The Morgan fingerprint density at radius 1 is 0.469 bits per heavy atom. The molecule has 0 saturated carbocycles. The van der Waals surface area contributed by atoms with Gasteiger partial charge in [0.05, 0.1) is 11.0 Å². The van der Waals surface area contributed by atoms with Crippen LogP contribution in [0.1, 0.15) is 52.9 Å². The maximum absolute atomic E-state index is 2.43. The van der Waals surface area contributed by atoms with Gasteiger partial charge < -0.3 is 9.13 Å². The average molecular weight is 421 g/mol. The van der Waals surface area contributed by atoms with Crippen molar-refractivity contribution in [2.75, 3.05) is 0 Å². The van der Waals surface area contributed by atoms with E-state index in [0.29, 0.717) is 0 Å². The van der Waals surface area contributed by atoms with Crippen LogP contribution >= 0.6 is 0 Å². The molecule has 162 valence electrons. The first-order chi connectivity index (χ1) is 15.1. The molecule has 0 aliphatic carbocycles. The van der Waals surface area contributed by atoms with Gasteiger partial charge in [-0.15, -0.1) is 0 Å². The van der Waals surface area contributed by atoms with E-state index in [0.717, 1.165) is 0 Å². The van der Waals surface area contributed by atoms with Crippen molar-refractivity contribution < 1.29 is 0 Å². The molecule has 2 heterocycles. The van der Waals surface area contributed by atoms with Crippen molar-refractivity contribution in [2.24, 2.45) is 0 Å². The van der Waals surface area contributed by atoms with Crippen LogP contribution in [0.25, 0.3) is 33.2 Å². The Kier molecular flexibility index (Phi) is 4.60. The predicted molar refractivity (Wildman–Crippen MR) is 138 cm³/mol. The number of aromatic nitrogens is 2. The van der Waals surface area contributed by atoms with E-state index in [1.165, 1.54) is 44.6 Å². The molecule has 2 heteroatoms. The van der Waals surface area contributed by atoms with Gasteiger partial charge >= 0.3 is 0 Å². The van der Waals surface area contributed by atoms with Gasteiger partial charge in [0, 0.05) is 44.4 Å². The van der Waals surface area contributed by atoms with Gasteiger partial charge in [-0.2, -0.15) is 0 Å². The van der Waals surface area contributed by atoms with Crippen molar-refractivity contribution in [3.63, 3.8) is 0 Å². The van der Waals surface area contributed by atoms with Gasteiger partial charge in [-0.3, -0.25) is 0 Å². The van der Waals surface area contributed by atoms with Crippen LogP contribution in [0, 0.1) is 0 Å². The fourth-order valence-electron chi connectivity index (χ4n) is 4.74. The summed E-state index contributed by atoms with van der Waals surface area (Å²) in [5.41, 5.74) is 7.62. The summed E-state index contributed by atoms with van der Waals surface area (Å²) in [5, 5.41) is 2.56. The number of nitrogens with zero attached hydrogens (tertiary/aromatic N) is 2. The first-order valence-electron chi connectivity index (χ1n) is 11.5. The fraction of sp³-hybridized carbons (Fsp3) is 0.267. The zero-order valence-electron chi connectivity index (χ0n) is 20.0. The summed E-state index contributed by atoms with van der Waals surface area (Å²) in [5.74, 6) is 0. The molecule has 0 aliphatic rings. The topological polar surface area (TPSA) is 9.86 Å². The highest BCUT2D eigenvalue weighted by molar-refractivity contribution is 5.85. The Bertz CT molecular complexity index is 1320. The van der Waals surface area contributed by atoms with Crippen LogP contribution in [0.4, 0.5) is 0 Å². The van der Waals surface area contributed by atoms with E-state index >= 15 is 0 Å². The van der Waals surface area contributed by atoms with Crippen LogP contribution in [0.5, 0.6) is 0 Å². The monoisotopic (exact) mass is 420 g/mol. The smallest absolute Gasteiger partial charge is 0.0531 e. The van der Waals surface area contributed by atoms with E-state index in [1.54, 1.807) is 0 Å². The summed E-state index contributed by atoms with van der Waals surface area (Å²) < 4.78 is 4.86. The van der Waals surface area contributed by atoms with Crippen LogP contribution in [0.2, 0.25) is 0 Å². The predicted octanol–water partition coefficient (Wildman–Crippen LogP) is 8.17. The number of rotatable bonds is 2. The van der Waals surface area contributed by atoms with Crippen molar-refractivity contribution in [1.29, 1.82) is 0 Å². The normalized spacial score (nSPS) is 12.7. The van der Waals surface area contributed by atoms with Crippen LogP contribution in [-0.4, -0.2) is 9.13 Å². The standard InChI is InChI=1S/C30H32N2/c1-29(2,3)27-18-21-12-7-9-16-25(21)31(27)23-14-11-15-24(20-23)32-26-17-10-8-13-22(26)19-28(32)30(4,5)6/h7-20H,1-6H3. The molecule has 32 heavy (non-hydrogen) atoms. The molecule has 0 N–H and O–H groups in total. The lowest BCUT2D eigenvalue weighted by molar-refractivity contribution is 0.558. The second-order valence-corrected chi connectivity index (χ2v) is 10.9. The number of fused-ring (bicyclic) bond motifs is 2. The van der Waals surface area contributed by atoms with Crippen molar-refractivity contribution in [1.82, 2.24) is 9.13 Å². The summed E-state index contributed by atoms with van der Waals surface area (Å²) in [4.78, 5) is 0. The van der Waals surface area contributed by atoms with Gasteiger partial charge in [-0.1, -0.05) is 84.0 Å². The van der Waals surface area contributed by atoms with E-state index in [-0.39, 0.29) is 10.8 Å². The Morgan fingerprint density at radius 3 is 1.28 bits per heavy atom. The molecule has 0 unspecified atom stereocenters. The third-order valence-electron chi connectivity index (χ3n) is 6.30. The lowest BCUT2D eigenvalue weighted by atomic mass is 9.91. The maximum atomic E-state index is 2.43. The molecule has 0 bridgehead atoms. The maximum Gasteiger partial charge on any atom is 0.0531 e. The van der Waals surface area contributed by atoms with Gasteiger partial charge in [0.2, 0.25) is 0 Å². The van der Waals surface area contributed by atoms with Gasteiger partial charge in [0.1, 0.15) is 0 Å². The van der Waals surface area contributed by atoms with E-state index < -0.39 is 0 Å². The molecule has 5 rings (SSSR count). The molecular formula is C30H32N2. The Morgan fingerprint density at radius 2 is 0.875 bits per heavy atom. The molecule has 0 fully saturated rings. The first kappa shape index (κ1) is 20.6. The molecule has 0 atom stereocenters. The highest BCUT2D eigenvalue weighted by Gasteiger charge is 2.24. The van der Waals surface area contributed by atoms with E-state index in [1.807, 2.05) is 0 Å². The number of para-hydroxylation sites is 2. The van der Waals surface area contributed by atoms with E-state index in [2.05, 4.69) is 136 Å². The van der Waals surface area contributed by atoms with Crippen molar-refractivity contribution in [3.8, 4) is 11.4 Å². The fourth-order valence-corrected chi connectivity index (χ4v) is 4.74. The Hall–Kier alpha value is -3.26. The van der Waals surface area contributed by atoms with E-state index in [9.17, 15) is 0 Å². The molecule has 2 aromatic heterocycles. The second kappa shape index (κ2) is 7.13. The molecular weight excluding hydrogens is 388 g/mol. The van der Waals surface area contributed by atoms with Crippen LogP contribution in [0.3, 0.4) is 0 Å². The quantitative estimate of drug-likeness (QED) is 0.272. The average Bonchev–Trinajstić information content (AvgIpc) is 3.33. The summed E-state index contributed by atoms with van der Waals surface area (Å²) in [6.07, 6.45) is 0. The highest BCUT2D eigenvalue weighted by atomic mass is 15.0. The zero-order valence-corrected chi connectivity index (χ0v) is 20.0. The molecule has 0 saturated heterocycles.